The average molecular weight is 279 g/mol. The third-order valence-electron chi connectivity index (χ3n) is 4.26. The molecule has 1 aromatic rings. The Morgan fingerprint density at radius 1 is 1.65 bits per heavy atom. The lowest BCUT2D eigenvalue weighted by Crippen LogP contribution is -2.58. The lowest BCUT2D eigenvalue weighted by atomic mass is 9.70. The van der Waals surface area contributed by atoms with Crippen molar-refractivity contribution in [2.24, 2.45) is 0 Å². The summed E-state index contributed by atoms with van der Waals surface area (Å²) in [6.07, 6.45) is 7.30. The molecule has 0 amide bonds. The summed E-state index contributed by atoms with van der Waals surface area (Å²) in [5.41, 5.74) is 0.550. The van der Waals surface area contributed by atoms with Crippen LogP contribution in [0.25, 0.3) is 0 Å². The number of ether oxygens (including phenoxy) is 1. The Balaban J connectivity index is 1.59. The van der Waals surface area contributed by atoms with Crippen LogP contribution in [-0.2, 0) is 4.74 Å². The Kier molecular flexibility index (Phi) is 3.65. The molecule has 2 N–H and O–H groups in total. The van der Waals surface area contributed by atoms with Gasteiger partial charge in [-0.2, -0.15) is 4.98 Å². The number of oxazole rings is 1. The predicted molar refractivity (Wildman–Crippen MR) is 73.7 cm³/mol. The highest BCUT2D eigenvalue weighted by Crippen LogP contribution is 2.38. The van der Waals surface area contributed by atoms with Gasteiger partial charge in [0.2, 0.25) is 0 Å². The number of carbonyl (C=O) groups is 1. The van der Waals surface area contributed by atoms with Gasteiger partial charge in [0.1, 0.15) is 6.26 Å². The van der Waals surface area contributed by atoms with E-state index in [0.29, 0.717) is 24.2 Å². The van der Waals surface area contributed by atoms with Crippen LogP contribution in [0.1, 0.15) is 49.5 Å². The number of carbonyl (C=O) groups excluding carboxylic acids is 1. The summed E-state index contributed by atoms with van der Waals surface area (Å²) >= 11 is 0. The third-order valence-corrected chi connectivity index (χ3v) is 4.26. The second-order valence-electron chi connectivity index (χ2n) is 5.65. The molecule has 2 heterocycles. The Morgan fingerprint density at radius 3 is 3.20 bits per heavy atom. The minimum atomic E-state index is -0.440. The van der Waals surface area contributed by atoms with Gasteiger partial charge >= 0.3 is 5.97 Å². The van der Waals surface area contributed by atoms with Gasteiger partial charge in [0.05, 0.1) is 6.61 Å². The van der Waals surface area contributed by atoms with Crippen molar-refractivity contribution < 1.29 is 13.9 Å². The third kappa shape index (κ3) is 2.65. The molecule has 1 spiro atoms. The van der Waals surface area contributed by atoms with Crippen LogP contribution >= 0.6 is 0 Å². The molecule has 2 aliphatic rings. The summed E-state index contributed by atoms with van der Waals surface area (Å²) in [6, 6.07) is 0.764. The van der Waals surface area contributed by atoms with Crippen molar-refractivity contribution in [2.45, 2.75) is 50.6 Å². The van der Waals surface area contributed by atoms with Crippen molar-refractivity contribution in [3.05, 3.63) is 12.0 Å². The second kappa shape index (κ2) is 5.44. The molecule has 0 aromatic carbocycles. The van der Waals surface area contributed by atoms with Crippen LogP contribution < -0.4 is 10.6 Å². The van der Waals surface area contributed by atoms with E-state index in [1.54, 1.807) is 6.92 Å². The van der Waals surface area contributed by atoms with Crippen LogP contribution in [0.3, 0.4) is 0 Å². The highest BCUT2D eigenvalue weighted by molar-refractivity contribution is 5.87. The summed E-state index contributed by atoms with van der Waals surface area (Å²) in [4.78, 5) is 15.7. The average Bonchev–Trinajstić information content (AvgIpc) is 2.86. The number of nitrogens with one attached hydrogen (secondary N) is 2. The molecule has 1 aliphatic carbocycles. The molecule has 6 nitrogen and oxygen atoms in total. The molecular weight excluding hydrogens is 258 g/mol. The maximum atomic E-state index is 11.5. The molecular formula is C14H21N3O3. The van der Waals surface area contributed by atoms with E-state index in [4.69, 9.17) is 9.15 Å². The van der Waals surface area contributed by atoms with Gasteiger partial charge in [-0.25, -0.2) is 4.79 Å². The predicted octanol–water partition coefficient (Wildman–Crippen LogP) is 1.94. The van der Waals surface area contributed by atoms with E-state index in [0.717, 1.165) is 19.4 Å². The first-order valence-electron chi connectivity index (χ1n) is 7.35. The first-order valence-corrected chi connectivity index (χ1v) is 7.35. The maximum Gasteiger partial charge on any atom is 0.360 e. The largest absolute Gasteiger partial charge is 0.461 e. The summed E-state index contributed by atoms with van der Waals surface area (Å²) in [5.74, 6) is -0.440. The number of anilines is 1. The molecule has 1 unspecified atom stereocenters. The number of esters is 1. The minimum Gasteiger partial charge on any atom is -0.461 e. The molecule has 6 heteroatoms. The number of hydrogen-bond donors (Lipinski definition) is 2. The fourth-order valence-electron chi connectivity index (χ4n) is 3.08. The molecule has 1 saturated carbocycles. The van der Waals surface area contributed by atoms with Gasteiger partial charge in [-0.05, 0) is 45.6 Å². The van der Waals surface area contributed by atoms with Gasteiger partial charge in [0, 0.05) is 11.6 Å². The quantitative estimate of drug-likeness (QED) is 0.820. The van der Waals surface area contributed by atoms with Crippen LogP contribution in [0.4, 0.5) is 6.01 Å². The monoisotopic (exact) mass is 279 g/mol. The van der Waals surface area contributed by atoms with E-state index in [1.807, 2.05) is 0 Å². The summed E-state index contributed by atoms with van der Waals surface area (Å²) in [7, 11) is 0. The van der Waals surface area contributed by atoms with Crippen LogP contribution in [0.2, 0.25) is 0 Å². The molecule has 1 saturated heterocycles. The number of piperidine rings is 1. The van der Waals surface area contributed by atoms with E-state index < -0.39 is 5.97 Å². The zero-order valence-corrected chi connectivity index (χ0v) is 11.8. The van der Waals surface area contributed by atoms with Gasteiger partial charge in [0.15, 0.2) is 5.69 Å². The van der Waals surface area contributed by atoms with E-state index in [-0.39, 0.29) is 5.69 Å². The van der Waals surface area contributed by atoms with E-state index in [1.165, 1.54) is 25.5 Å². The molecule has 2 fully saturated rings. The van der Waals surface area contributed by atoms with Gasteiger partial charge in [-0.1, -0.05) is 0 Å². The van der Waals surface area contributed by atoms with E-state index in [9.17, 15) is 4.79 Å². The fraction of sp³-hybridized carbons (Fsp3) is 0.714. The molecule has 1 aliphatic heterocycles. The Labute approximate surface area is 118 Å². The number of hydrogen-bond acceptors (Lipinski definition) is 6. The fourth-order valence-corrected chi connectivity index (χ4v) is 3.08. The van der Waals surface area contributed by atoms with Gasteiger partial charge in [0.25, 0.3) is 6.01 Å². The second-order valence-corrected chi connectivity index (χ2v) is 5.65. The van der Waals surface area contributed by atoms with Crippen molar-refractivity contribution in [3.63, 3.8) is 0 Å². The molecule has 110 valence electrons. The Bertz CT molecular complexity index is 482. The summed E-state index contributed by atoms with van der Waals surface area (Å²) < 4.78 is 10.2. The summed E-state index contributed by atoms with van der Waals surface area (Å²) in [6.45, 7) is 3.12. The Morgan fingerprint density at radius 2 is 2.50 bits per heavy atom. The van der Waals surface area contributed by atoms with Crippen LogP contribution in [0.15, 0.2) is 10.7 Å². The van der Waals surface area contributed by atoms with Crippen molar-refractivity contribution in [1.82, 2.24) is 10.3 Å². The maximum absolute atomic E-state index is 11.5. The molecule has 0 bridgehead atoms. The molecule has 1 atom stereocenters. The van der Waals surface area contributed by atoms with Crippen LogP contribution in [-0.4, -0.2) is 35.7 Å². The topological polar surface area (TPSA) is 76.4 Å². The SMILES string of the molecule is CCOC(=O)c1coc(NC2CCNC3(CCC3)C2)n1. The van der Waals surface area contributed by atoms with Crippen LogP contribution in [0, 0.1) is 0 Å². The highest BCUT2D eigenvalue weighted by atomic mass is 16.5. The van der Waals surface area contributed by atoms with E-state index >= 15 is 0 Å². The smallest absolute Gasteiger partial charge is 0.360 e. The highest BCUT2D eigenvalue weighted by Gasteiger charge is 2.41. The number of aromatic nitrogens is 1. The number of rotatable bonds is 4. The van der Waals surface area contributed by atoms with Crippen molar-refractivity contribution in [2.75, 3.05) is 18.5 Å². The molecule has 20 heavy (non-hydrogen) atoms. The molecule has 3 rings (SSSR count). The van der Waals surface area contributed by atoms with E-state index in [2.05, 4.69) is 15.6 Å². The first kappa shape index (κ1) is 13.4. The first-order chi connectivity index (χ1) is 9.71. The zero-order chi connectivity index (χ0) is 14.0. The Hall–Kier alpha value is -1.56. The summed E-state index contributed by atoms with van der Waals surface area (Å²) in [5, 5.41) is 6.92. The van der Waals surface area contributed by atoms with Crippen molar-refractivity contribution in [1.29, 1.82) is 0 Å². The van der Waals surface area contributed by atoms with Crippen molar-refractivity contribution in [3.8, 4) is 0 Å². The van der Waals surface area contributed by atoms with Crippen LogP contribution in [0.5, 0.6) is 0 Å². The van der Waals surface area contributed by atoms with Gasteiger partial charge < -0.3 is 19.8 Å². The minimum absolute atomic E-state index is 0.224. The standard InChI is InChI=1S/C14H21N3O3/c1-2-19-12(18)11-9-20-13(17-11)16-10-4-7-15-14(8-10)5-3-6-14/h9-10,15H,2-8H2,1H3,(H,16,17). The number of nitrogens with zero attached hydrogens (tertiary/aromatic N) is 1. The van der Waals surface area contributed by atoms with Gasteiger partial charge in [-0.15, -0.1) is 0 Å². The lowest BCUT2D eigenvalue weighted by Gasteiger charge is -2.48. The lowest BCUT2D eigenvalue weighted by molar-refractivity contribution is 0.0519. The van der Waals surface area contributed by atoms with Gasteiger partial charge in [-0.3, -0.25) is 0 Å². The molecule has 0 radical (unpaired) electrons. The zero-order valence-electron chi connectivity index (χ0n) is 11.8. The normalized spacial score (nSPS) is 24.1. The van der Waals surface area contributed by atoms with Crippen molar-refractivity contribution >= 4 is 12.0 Å². The molecule has 1 aromatic heterocycles.